The van der Waals surface area contributed by atoms with Gasteiger partial charge >= 0.3 is 0 Å². The first kappa shape index (κ1) is 13.7. The average molecular weight is 288 g/mol. The molecule has 0 bridgehead atoms. The minimum absolute atomic E-state index is 0.155. The van der Waals surface area contributed by atoms with E-state index in [1.54, 1.807) is 6.07 Å². The van der Waals surface area contributed by atoms with Gasteiger partial charge in [-0.3, -0.25) is 0 Å². The lowest BCUT2D eigenvalue weighted by Gasteiger charge is -2.20. The first-order valence-corrected chi connectivity index (χ1v) is 6.36. The van der Waals surface area contributed by atoms with Gasteiger partial charge in [0.2, 0.25) is 0 Å². The molecule has 1 N–H and O–H groups in total. The number of rotatable bonds is 4. The SMILES string of the molecule is CC(C)(C)NCCCc1cc(F)cc(Br)c1. The Morgan fingerprint density at radius 3 is 2.50 bits per heavy atom. The van der Waals surface area contributed by atoms with Crippen molar-refractivity contribution in [1.82, 2.24) is 5.32 Å². The molecule has 0 aliphatic carbocycles. The molecule has 0 fully saturated rings. The first-order valence-electron chi connectivity index (χ1n) is 5.57. The maximum atomic E-state index is 13.1. The summed E-state index contributed by atoms with van der Waals surface area (Å²) < 4.78 is 13.9. The van der Waals surface area contributed by atoms with Crippen LogP contribution in [-0.2, 0) is 6.42 Å². The fourth-order valence-corrected chi connectivity index (χ4v) is 2.02. The molecule has 90 valence electrons. The zero-order chi connectivity index (χ0) is 12.2. The van der Waals surface area contributed by atoms with Crippen molar-refractivity contribution in [3.8, 4) is 0 Å². The highest BCUT2D eigenvalue weighted by Crippen LogP contribution is 2.16. The topological polar surface area (TPSA) is 12.0 Å². The summed E-state index contributed by atoms with van der Waals surface area (Å²) in [4.78, 5) is 0. The number of hydrogen-bond donors (Lipinski definition) is 1. The van der Waals surface area contributed by atoms with Crippen LogP contribution in [-0.4, -0.2) is 12.1 Å². The summed E-state index contributed by atoms with van der Waals surface area (Å²) in [5, 5.41) is 3.42. The molecule has 0 heterocycles. The van der Waals surface area contributed by atoms with Gasteiger partial charge in [0, 0.05) is 10.0 Å². The van der Waals surface area contributed by atoms with Crippen molar-refractivity contribution in [2.75, 3.05) is 6.54 Å². The van der Waals surface area contributed by atoms with Gasteiger partial charge in [0.1, 0.15) is 5.82 Å². The van der Waals surface area contributed by atoms with E-state index in [0.717, 1.165) is 29.4 Å². The molecule has 0 unspecified atom stereocenters. The van der Waals surface area contributed by atoms with E-state index in [0.29, 0.717) is 0 Å². The maximum absolute atomic E-state index is 13.1. The van der Waals surface area contributed by atoms with Gasteiger partial charge in [0.05, 0.1) is 0 Å². The molecule has 0 aromatic heterocycles. The predicted molar refractivity (Wildman–Crippen MR) is 70.2 cm³/mol. The van der Waals surface area contributed by atoms with Gasteiger partial charge in [-0.25, -0.2) is 4.39 Å². The van der Waals surface area contributed by atoms with E-state index < -0.39 is 0 Å². The van der Waals surface area contributed by atoms with Gasteiger partial charge in [-0.2, -0.15) is 0 Å². The van der Waals surface area contributed by atoms with Gasteiger partial charge in [-0.15, -0.1) is 0 Å². The molecule has 3 heteroatoms. The highest BCUT2D eigenvalue weighted by atomic mass is 79.9. The van der Waals surface area contributed by atoms with E-state index in [1.165, 1.54) is 6.07 Å². The summed E-state index contributed by atoms with van der Waals surface area (Å²) >= 11 is 3.30. The second-order valence-electron chi connectivity index (χ2n) is 5.06. The zero-order valence-corrected chi connectivity index (χ0v) is 11.7. The summed E-state index contributed by atoms with van der Waals surface area (Å²) in [5.41, 5.74) is 1.20. The molecule has 0 radical (unpaired) electrons. The van der Waals surface area contributed by atoms with Crippen LogP contribution in [0, 0.1) is 5.82 Å². The van der Waals surface area contributed by atoms with Gasteiger partial charge in [-0.05, 0) is 63.9 Å². The molecule has 0 aliphatic rings. The molecule has 0 atom stereocenters. The Bertz CT molecular complexity index is 324. The van der Waals surface area contributed by atoms with Gasteiger partial charge in [-0.1, -0.05) is 15.9 Å². The predicted octanol–water partition coefficient (Wildman–Crippen LogP) is 3.91. The average Bonchev–Trinajstić information content (AvgIpc) is 2.09. The number of benzene rings is 1. The summed E-state index contributed by atoms with van der Waals surface area (Å²) in [6.45, 7) is 7.39. The van der Waals surface area contributed by atoms with Crippen molar-refractivity contribution in [2.24, 2.45) is 0 Å². The molecule has 0 saturated carbocycles. The highest BCUT2D eigenvalue weighted by Gasteiger charge is 2.07. The standard InChI is InChI=1S/C13H19BrFN/c1-13(2,3)16-6-4-5-10-7-11(14)9-12(15)8-10/h7-9,16H,4-6H2,1-3H3. The summed E-state index contributed by atoms with van der Waals surface area (Å²) in [6, 6.07) is 5.05. The Morgan fingerprint density at radius 2 is 1.94 bits per heavy atom. The van der Waals surface area contributed by atoms with Gasteiger partial charge < -0.3 is 5.32 Å². The van der Waals surface area contributed by atoms with Gasteiger partial charge in [0.15, 0.2) is 0 Å². The monoisotopic (exact) mass is 287 g/mol. The van der Waals surface area contributed by atoms with E-state index in [2.05, 4.69) is 42.0 Å². The molecule has 1 rings (SSSR count). The van der Waals surface area contributed by atoms with E-state index >= 15 is 0 Å². The summed E-state index contributed by atoms with van der Waals surface area (Å²) in [5.74, 6) is -0.173. The number of aryl methyl sites for hydroxylation is 1. The third-order valence-corrected chi connectivity index (χ3v) is 2.68. The molecule has 0 spiro atoms. The Morgan fingerprint density at radius 1 is 1.25 bits per heavy atom. The Kier molecular flexibility index (Phi) is 4.93. The molecular formula is C13H19BrFN. The van der Waals surface area contributed by atoms with Crippen molar-refractivity contribution in [3.63, 3.8) is 0 Å². The van der Waals surface area contributed by atoms with Crippen LogP contribution >= 0.6 is 15.9 Å². The molecule has 0 amide bonds. The number of nitrogens with one attached hydrogen (secondary N) is 1. The normalized spacial score (nSPS) is 11.8. The van der Waals surface area contributed by atoms with Crippen LogP contribution in [0.25, 0.3) is 0 Å². The maximum Gasteiger partial charge on any atom is 0.124 e. The van der Waals surface area contributed by atoms with Gasteiger partial charge in [0.25, 0.3) is 0 Å². The largest absolute Gasteiger partial charge is 0.312 e. The molecular weight excluding hydrogens is 269 g/mol. The van der Waals surface area contributed by atoms with E-state index in [9.17, 15) is 4.39 Å². The first-order chi connectivity index (χ1) is 7.37. The molecule has 0 saturated heterocycles. The quantitative estimate of drug-likeness (QED) is 0.828. The van der Waals surface area contributed by atoms with Crippen molar-refractivity contribution in [3.05, 3.63) is 34.1 Å². The number of halogens is 2. The van der Waals surface area contributed by atoms with E-state index in [4.69, 9.17) is 0 Å². The minimum atomic E-state index is -0.173. The third kappa shape index (κ3) is 5.61. The summed E-state index contributed by atoms with van der Waals surface area (Å²) in [7, 11) is 0. The lowest BCUT2D eigenvalue weighted by Crippen LogP contribution is -2.36. The lowest BCUT2D eigenvalue weighted by atomic mass is 10.1. The second-order valence-corrected chi connectivity index (χ2v) is 5.97. The molecule has 1 nitrogen and oxygen atoms in total. The van der Waals surface area contributed by atoms with Crippen LogP contribution in [0.1, 0.15) is 32.8 Å². The highest BCUT2D eigenvalue weighted by molar-refractivity contribution is 9.10. The van der Waals surface area contributed by atoms with E-state index in [-0.39, 0.29) is 11.4 Å². The smallest absolute Gasteiger partial charge is 0.124 e. The summed E-state index contributed by atoms with van der Waals surface area (Å²) in [6.07, 6.45) is 1.92. The van der Waals surface area contributed by atoms with Crippen LogP contribution in [0.3, 0.4) is 0 Å². The van der Waals surface area contributed by atoms with Crippen LogP contribution < -0.4 is 5.32 Å². The Labute approximate surface area is 106 Å². The number of hydrogen-bond acceptors (Lipinski definition) is 1. The van der Waals surface area contributed by atoms with Crippen molar-refractivity contribution < 1.29 is 4.39 Å². The zero-order valence-electron chi connectivity index (χ0n) is 10.1. The molecule has 1 aromatic rings. The van der Waals surface area contributed by atoms with Crippen molar-refractivity contribution >= 4 is 15.9 Å². The Hall–Kier alpha value is -0.410. The Balaban J connectivity index is 2.37. The van der Waals surface area contributed by atoms with E-state index in [1.807, 2.05) is 6.07 Å². The molecule has 16 heavy (non-hydrogen) atoms. The fourth-order valence-electron chi connectivity index (χ4n) is 1.51. The molecule has 0 aliphatic heterocycles. The van der Waals surface area contributed by atoms with Crippen LogP contribution in [0.5, 0.6) is 0 Å². The van der Waals surface area contributed by atoms with Crippen LogP contribution in [0.2, 0.25) is 0 Å². The van der Waals surface area contributed by atoms with Crippen molar-refractivity contribution in [2.45, 2.75) is 39.2 Å². The van der Waals surface area contributed by atoms with Crippen LogP contribution in [0.15, 0.2) is 22.7 Å². The second kappa shape index (κ2) is 5.78. The lowest BCUT2D eigenvalue weighted by molar-refractivity contribution is 0.422. The fraction of sp³-hybridized carbons (Fsp3) is 0.538. The minimum Gasteiger partial charge on any atom is -0.312 e. The van der Waals surface area contributed by atoms with Crippen molar-refractivity contribution in [1.29, 1.82) is 0 Å². The third-order valence-electron chi connectivity index (χ3n) is 2.22. The van der Waals surface area contributed by atoms with Crippen LogP contribution in [0.4, 0.5) is 4.39 Å². The molecule has 1 aromatic carbocycles.